The van der Waals surface area contributed by atoms with Gasteiger partial charge in [-0.1, -0.05) is 41.6 Å². The lowest BCUT2D eigenvalue weighted by atomic mass is 10.1. The number of nitrogens with one attached hydrogen (secondary N) is 3. The molecule has 0 saturated carbocycles. The van der Waals surface area contributed by atoms with E-state index in [1.54, 1.807) is 30.3 Å². The smallest absolute Gasteiger partial charge is 0.271 e. The van der Waals surface area contributed by atoms with Gasteiger partial charge in [-0.05, 0) is 49.2 Å². The van der Waals surface area contributed by atoms with E-state index in [0.29, 0.717) is 16.3 Å². The molecular formula is C20H19ClN4O3S. The average Bonchev–Trinajstić information content (AvgIpc) is 2.69. The van der Waals surface area contributed by atoms with Crippen molar-refractivity contribution in [3.8, 4) is 0 Å². The van der Waals surface area contributed by atoms with Gasteiger partial charge in [-0.3, -0.25) is 14.4 Å². The molecule has 3 rings (SSSR count). The summed E-state index contributed by atoms with van der Waals surface area (Å²) >= 11 is 7.08. The zero-order valence-corrected chi connectivity index (χ0v) is 17.4. The summed E-state index contributed by atoms with van der Waals surface area (Å²) in [6.07, 6.45) is 0.00777. The monoisotopic (exact) mass is 430 g/mol. The van der Waals surface area contributed by atoms with E-state index >= 15 is 0 Å². The molecule has 0 bridgehead atoms. The van der Waals surface area contributed by atoms with Gasteiger partial charge in [0.05, 0.1) is 0 Å². The van der Waals surface area contributed by atoms with Crippen LogP contribution in [0.3, 0.4) is 0 Å². The first-order chi connectivity index (χ1) is 13.8. The highest BCUT2D eigenvalue weighted by Gasteiger charge is 2.30. The number of nitrogens with zero attached hydrogens (tertiary/aromatic N) is 1. The van der Waals surface area contributed by atoms with Gasteiger partial charge in [0.25, 0.3) is 5.91 Å². The van der Waals surface area contributed by atoms with Crippen LogP contribution in [0.2, 0.25) is 5.02 Å². The molecule has 0 aromatic heterocycles. The SMILES string of the molecule is Cc1cc(NC(=O)C2CC(=O)N/C(=N\NC(=O)c3ccccc3C)S2)ccc1Cl. The van der Waals surface area contributed by atoms with E-state index in [1.807, 2.05) is 26.0 Å². The molecule has 1 saturated heterocycles. The Morgan fingerprint density at radius 1 is 1.17 bits per heavy atom. The molecule has 1 atom stereocenters. The van der Waals surface area contributed by atoms with Crippen molar-refractivity contribution in [2.24, 2.45) is 5.10 Å². The van der Waals surface area contributed by atoms with Crippen LogP contribution in [0.4, 0.5) is 5.69 Å². The van der Waals surface area contributed by atoms with Gasteiger partial charge in [0.15, 0.2) is 5.17 Å². The van der Waals surface area contributed by atoms with Crippen molar-refractivity contribution in [2.75, 3.05) is 5.32 Å². The maximum Gasteiger partial charge on any atom is 0.271 e. The van der Waals surface area contributed by atoms with Crippen molar-refractivity contribution >= 4 is 51.9 Å². The first-order valence-corrected chi connectivity index (χ1v) is 10.1. The number of rotatable bonds is 4. The molecule has 1 heterocycles. The first kappa shape index (κ1) is 20.9. The van der Waals surface area contributed by atoms with Crippen LogP contribution in [0.1, 0.15) is 27.9 Å². The summed E-state index contributed by atoms with van der Waals surface area (Å²) < 4.78 is 0. The summed E-state index contributed by atoms with van der Waals surface area (Å²) in [5, 5.41) is 9.41. The maximum atomic E-state index is 12.6. The van der Waals surface area contributed by atoms with E-state index in [0.717, 1.165) is 22.9 Å². The Balaban J connectivity index is 1.66. The van der Waals surface area contributed by atoms with Crippen molar-refractivity contribution in [3.63, 3.8) is 0 Å². The highest BCUT2D eigenvalue weighted by atomic mass is 35.5. The van der Waals surface area contributed by atoms with Crippen molar-refractivity contribution in [2.45, 2.75) is 25.5 Å². The number of hydrogen-bond donors (Lipinski definition) is 3. The van der Waals surface area contributed by atoms with E-state index in [-0.39, 0.29) is 23.4 Å². The minimum absolute atomic E-state index is 0.00777. The van der Waals surface area contributed by atoms with Gasteiger partial charge in [0, 0.05) is 22.7 Å². The van der Waals surface area contributed by atoms with E-state index in [9.17, 15) is 14.4 Å². The van der Waals surface area contributed by atoms with Gasteiger partial charge in [-0.15, -0.1) is 5.10 Å². The highest BCUT2D eigenvalue weighted by molar-refractivity contribution is 8.15. The number of benzene rings is 2. The predicted octanol–water partition coefficient (Wildman–Crippen LogP) is 3.22. The van der Waals surface area contributed by atoms with Gasteiger partial charge in [0.1, 0.15) is 5.25 Å². The van der Waals surface area contributed by atoms with Crippen molar-refractivity contribution in [1.82, 2.24) is 10.7 Å². The molecule has 1 unspecified atom stereocenters. The second-order valence-corrected chi connectivity index (χ2v) is 8.08. The largest absolute Gasteiger partial charge is 0.325 e. The molecule has 1 aliphatic rings. The van der Waals surface area contributed by atoms with Crippen LogP contribution in [-0.2, 0) is 9.59 Å². The van der Waals surface area contributed by atoms with Crippen LogP contribution in [0.15, 0.2) is 47.6 Å². The van der Waals surface area contributed by atoms with Crippen molar-refractivity contribution in [1.29, 1.82) is 0 Å². The summed E-state index contributed by atoms with van der Waals surface area (Å²) in [5.74, 6) is -1.07. The number of halogens is 1. The third-order valence-corrected chi connectivity index (χ3v) is 5.74. The molecule has 29 heavy (non-hydrogen) atoms. The number of anilines is 1. The highest BCUT2D eigenvalue weighted by Crippen LogP contribution is 2.24. The summed E-state index contributed by atoms with van der Waals surface area (Å²) in [4.78, 5) is 36.8. The molecule has 7 nitrogen and oxygen atoms in total. The number of amidine groups is 1. The Bertz CT molecular complexity index is 1010. The van der Waals surface area contributed by atoms with Gasteiger partial charge in [0.2, 0.25) is 11.8 Å². The number of hydrogen-bond acceptors (Lipinski definition) is 5. The fourth-order valence-electron chi connectivity index (χ4n) is 2.68. The second kappa shape index (κ2) is 9.11. The molecule has 3 N–H and O–H groups in total. The topological polar surface area (TPSA) is 99.7 Å². The summed E-state index contributed by atoms with van der Waals surface area (Å²) in [7, 11) is 0. The van der Waals surface area contributed by atoms with Gasteiger partial charge in [-0.2, -0.15) is 0 Å². The molecule has 9 heteroatoms. The minimum Gasteiger partial charge on any atom is -0.325 e. The molecular weight excluding hydrogens is 412 g/mol. The fourth-order valence-corrected chi connectivity index (χ4v) is 3.74. The number of carbonyl (C=O) groups excluding carboxylic acids is 3. The molecule has 150 valence electrons. The third kappa shape index (κ3) is 5.36. The van der Waals surface area contributed by atoms with Crippen LogP contribution in [0, 0.1) is 13.8 Å². The van der Waals surface area contributed by atoms with Gasteiger partial charge in [-0.25, -0.2) is 5.43 Å². The Hall–Kier alpha value is -2.84. The van der Waals surface area contributed by atoms with Crippen molar-refractivity contribution in [3.05, 3.63) is 64.2 Å². The molecule has 1 aliphatic heterocycles. The lowest BCUT2D eigenvalue weighted by Crippen LogP contribution is -2.42. The third-order valence-electron chi connectivity index (χ3n) is 4.24. The van der Waals surface area contributed by atoms with E-state index in [2.05, 4.69) is 21.2 Å². The fraction of sp³-hybridized carbons (Fsp3) is 0.200. The Morgan fingerprint density at radius 2 is 1.93 bits per heavy atom. The lowest BCUT2D eigenvalue weighted by Gasteiger charge is -2.22. The number of thioether (sulfide) groups is 1. The van der Waals surface area contributed by atoms with Gasteiger partial charge < -0.3 is 10.6 Å². The molecule has 2 aromatic rings. The minimum atomic E-state index is -0.672. The number of carbonyl (C=O) groups is 3. The van der Waals surface area contributed by atoms with E-state index in [4.69, 9.17) is 11.6 Å². The lowest BCUT2D eigenvalue weighted by molar-refractivity contribution is -0.123. The van der Waals surface area contributed by atoms with E-state index < -0.39 is 11.2 Å². The average molecular weight is 431 g/mol. The number of aryl methyl sites for hydroxylation is 2. The quantitative estimate of drug-likeness (QED) is 0.648. The second-order valence-electron chi connectivity index (χ2n) is 6.48. The summed E-state index contributed by atoms with van der Waals surface area (Å²) in [6, 6.07) is 12.2. The van der Waals surface area contributed by atoms with Gasteiger partial charge >= 0.3 is 0 Å². The van der Waals surface area contributed by atoms with Crippen molar-refractivity contribution < 1.29 is 14.4 Å². The van der Waals surface area contributed by atoms with E-state index in [1.165, 1.54) is 0 Å². The van der Waals surface area contributed by atoms with Crippen LogP contribution in [0.5, 0.6) is 0 Å². The summed E-state index contributed by atoms with van der Waals surface area (Å²) in [6.45, 7) is 3.65. The molecule has 0 spiro atoms. The Kier molecular flexibility index (Phi) is 6.56. The molecule has 1 fully saturated rings. The molecule has 0 aliphatic carbocycles. The Morgan fingerprint density at radius 3 is 2.66 bits per heavy atom. The number of amides is 3. The normalized spacial score (nSPS) is 17.6. The first-order valence-electron chi connectivity index (χ1n) is 8.80. The molecule has 3 amide bonds. The van der Waals surface area contributed by atoms with Crippen LogP contribution < -0.4 is 16.1 Å². The molecule has 2 aromatic carbocycles. The zero-order chi connectivity index (χ0) is 21.0. The number of hydrazone groups is 1. The Labute approximate surface area is 177 Å². The van der Waals surface area contributed by atoms with Crippen LogP contribution in [-0.4, -0.2) is 28.1 Å². The maximum absolute atomic E-state index is 12.6. The zero-order valence-electron chi connectivity index (χ0n) is 15.8. The molecule has 0 radical (unpaired) electrons. The predicted molar refractivity (Wildman–Crippen MR) is 115 cm³/mol. The summed E-state index contributed by atoms with van der Waals surface area (Å²) in [5.41, 5.74) is 5.13. The van der Waals surface area contributed by atoms with Crippen LogP contribution >= 0.6 is 23.4 Å². The van der Waals surface area contributed by atoms with Crippen LogP contribution in [0.25, 0.3) is 0 Å². The standard InChI is InChI=1S/C20H19ClN4O3S/c1-11-5-3-4-6-14(11)18(27)24-25-20-23-17(26)10-16(29-20)19(28)22-13-7-8-15(21)12(2)9-13/h3-9,16H,10H2,1-2H3,(H,22,28)(H,24,27)(H,23,25,26).